The molecule has 0 aromatic rings. The van der Waals surface area contributed by atoms with Crippen molar-refractivity contribution < 1.29 is 43.2 Å². The molecule has 0 aliphatic carbocycles. The number of rotatable bonds is 0. The first-order chi connectivity index (χ1) is 1.73. The lowest BCUT2D eigenvalue weighted by molar-refractivity contribution is -0.742. The lowest BCUT2D eigenvalue weighted by atomic mass is 13.1. The van der Waals surface area contributed by atoms with Gasteiger partial charge in [0.05, 0.1) is 0 Å². The minimum absolute atomic E-state index is 0. The molecule has 72 valence electrons. The highest BCUT2D eigenvalue weighted by molar-refractivity contribution is 3.83. The van der Waals surface area contributed by atoms with Crippen LogP contribution in [-0.2, 0) is 0 Å². The summed E-state index contributed by atoms with van der Waals surface area (Å²) in [7, 11) is 0. The van der Waals surface area contributed by atoms with Crippen molar-refractivity contribution in [3.8, 4) is 0 Å². The Labute approximate surface area is 54.7 Å². The fourth-order valence-electron chi connectivity index (χ4n) is 0. The minimum Gasteiger partial charge on any atom is -0.412 e. The van der Waals surface area contributed by atoms with Crippen LogP contribution in [0.4, 0.5) is 0 Å². The van der Waals surface area contributed by atoms with Gasteiger partial charge in [-0.15, -0.1) is 10.1 Å². The van der Waals surface area contributed by atoms with Crippen LogP contribution in [0.3, 0.4) is 0 Å². The third-order valence-electron chi connectivity index (χ3n) is 0. The highest BCUT2D eigenvalue weighted by Crippen LogP contribution is 1.38. The quantitative estimate of drug-likeness (QED) is 0.276. The van der Waals surface area contributed by atoms with Gasteiger partial charge in [-0.1, -0.05) is 0 Å². The third-order valence-corrected chi connectivity index (χ3v) is 0. The van der Waals surface area contributed by atoms with E-state index in [2.05, 4.69) is 0 Å². The first-order valence-electron chi connectivity index (χ1n) is 0.565. The largest absolute Gasteiger partial charge is 0.412 e. The molecule has 0 radical (unpaired) electrons. The van der Waals surface area contributed by atoms with Crippen molar-refractivity contribution in [2.75, 3.05) is 0 Å². The van der Waals surface area contributed by atoms with Gasteiger partial charge in [0.15, 0.2) is 0 Å². The second kappa shape index (κ2) is 100. The van der Waals surface area contributed by atoms with E-state index >= 15 is 0 Å². The molecule has 0 bridgehead atoms. The number of nitrogens with zero attached hydrogens (tertiary/aromatic N) is 1. The third kappa shape index (κ3) is 229. The molecular formula is H13NO9. The van der Waals surface area contributed by atoms with Gasteiger partial charge in [0.1, 0.15) is 0 Å². The zero-order valence-electron chi connectivity index (χ0n) is 4.71. The Kier molecular flexibility index (Phi) is 1480. The average molecular weight is 171 g/mol. The molecule has 0 aromatic heterocycles. The molecule has 0 rings (SSSR count). The predicted molar refractivity (Wildman–Crippen MR) is 30.5 cm³/mol. The first-order valence-corrected chi connectivity index (χ1v) is 0.565. The van der Waals surface area contributed by atoms with Gasteiger partial charge in [0.25, 0.3) is 5.09 Å². The Morgan fingerprint density at radius 2 is 0.900 bits per heavy atom. The van der Waals surface area contributed by atoms with E-state index in [9.17, 15) is 0 Å². The van der Waals surface area contributed by atoms with Crippen LogP contribution in [0.5, 0.6) is 0 Å². The molecule has 0 fully saturated rings. The smallest absolute Gasteiger partial charge is 0.291 e. The summed E-state index contributed by atoms with van der Waals surface area (Å²) < 4.78 is 0. The summed E-state index contributed by atoms with van der Waals surface area (Å²) in [6.45, 7) is 0. The van der Waals surface area contributed by atoms with E-state index < -0.39 is 5.09 Å². The van der Waals surface area contributed by atoms with Crippen LogP contribution in [0, 0.1) is 10.1 Å². The van der Waals surface area contributed by atoms with E-state index in [1.165, 1.54) is 0 Å². The molecule has 10 nitrogen and oxygen atoms in total. The molecule has 0 aliphatic rings. The Hall–Kier alpha value is -1.04. The summed E-state index contributed by atoms with van der Waals surface area (Å²) in [6.07, 6.45) is 0. The second-order valence-electron chi connectivity index (χ2n) is 0.238. The van der Waals surface area contributed by atoms with Crippen LogP contribution in [0.2, 0.25) is 0 Å². The number of hydrogen-bond donors (Lipinski definition) is 1. The minimum atomic E-state index is -1.50. The summed E-state index contributed by atoms with van der Waals surface area (Å²) in [6, 6.07) is 0. The predicted octanol–water partition coefficient (Wildman–Crippen LogP) is -5.30. The Morgan fingerprint density at radius 3 is 0.900 bits per heavy atom. The molecule has 13 N–H and O–H groups in total. The maximum absolute atomic E-state index is 8.36. The molecule has 0 atom stereocenters. The number of hydrogen-bond acceptors (Lipinski definition) is 2. The van der Waals surface area contributed by atoms with Gasteiger partial charge in [-0.05, 0) is 0 Å². The van der Waals surface area contributed by atoms with Crippen molar-refractivity contribution in [1.82, 2.24) is 0 Å². The summed E-state index contributed by atoms with van der Waals surface area (Å²) in [5, 5.41) is 13.6. The van der Waals surface area contributed by atoms with Gasteiger partial charge in [-0.25, -0.2) is 0 Å². The van der Waals surface area contributed by atoms with Crippen LogP contribution >= 0.6 is 0 Å². The second-order valence-corrected chi connectivity index (χ2v) is 0.238. The van der Waals surface area contributed by atoms with E-state index in [-0.39, 0.29) is 32.9 Å². The van der Waals surface area contributed by atoms with Crippen LogP contribution in [-0.4, -0.2) is 43.2 Å². The zero-order valence-corrected chi connectivity index (χ0v) is 4.71. The van der Waals surface area contributed by atoms with Crippen molar-refractivity contribution >= 4 is 0 Å². The summed E-state index contributed by atoms with van der Waals surface area (Å²) in [5.41, 5.74) is 0. The molecule has 0 aromatic carbocycles. The van der Waals surface area contributed by atoms with E-state index in [0.29, 0.717) is 0 Å². The molecule has 0 amide bonds. The van der Waals surface area contributed by atoms with Gasteiger partial charge in [-0.2, -0.15) is 0 Å². The highest BCUT2D eigenvalue weighted by Gasteiger charge is 1.65. The van der Waals surface area contributed by atoms with E-state index in [4.69, 9.17) is 15.3 Å². The average Bonchev–Trinajstić information content (AvgIpc) is 0.811. The summed E-state index contributed by atoms with van der Waals surface area (Å²) in [4.78, 5) is 8.36. The SMILES string of the molecule is O.O.O.O.O.O.O=[N+]([O-])O. The fourth-order valence-corrected chi connectivity index (χ4v) is 0. The normalized spacial score (nSPS) is 2.40. The molecule has 0 unspecified atom stereocenters. The molecular weight excluding hydrogens is 158 g/mol. The van der Waals surface area contributed by atoms with Gasteiger partial charge < -0.3 is 38.1 Å². The maximum atomic E-state index is 8.36. The molecule has 0 heterocycles. The highest BCUT2D eigenvalue weighted by atomic mass is 16.9. The maximum Gasteiger partial charge on any atom is 0.291 e. The van der Waals surface area contributed by atoms with Gasteiger partial charge in [0.2, 0.25) is 0 Å². The van der Waals surface area contributed by atoms with E-state index in [1.54, 1.807) is 0 Å². The molecule has 0 saturated carbocycles. The van der Waals surface area contributed by atoms with Crippen LogP contribution in [0.15, 0.2) is 0 Å². The van der Waals surface area contributed by atoms with Crippen LogP contribution in [0.1, 0.15) is 0 Å². The first kappa shape index (κ1) is 148. The van der Waals surface area contributed by atoms with Crippen molar-refractivity contribution in [1.29, 1.82) is 0 Å². The topological polar surface area (TPSA) is 252 Å². The van der Waals surface area contributed by atoms with Gasteiger partial charge in [-0.3, -0.25) is 0 Å². The Morgan fingerprint density at radius 1 is 0.900 bits per heavy atom. The van der Waals surface area contributed by atoms with Gasteiger partial charge in [0, 0.05) is 0 Å². The lowest BCUT2D eigenvalue weighted by Crippen LogP contribution is -1.81. The Bertz CT molecular complexity index is 27.7. The van der Waals surface area contributed by atoms with Crippen LogP contribution < -0.4 is 0 Å². The summed E-state index contributed by atoms with van der Waals surface area (Å²) in [5.74, 6) is 0. The fraction of sp³-hybridized carbons (Fsp3) is 0. The molecule has 10 heavy (non-hydrogen) atoms. The Balaban J connectivity index is -0.00000000300. The molecule has 10 heteroatoms. The van der Waals surface area contributed by atoms with Crippen molar-refractivity contribution in [2.24, 2.45) is 0 Å². The van der Waals surface area contributed by atoms with Crippen molar-refractivity contribution in [3.63, 3.8) is 0 Å². The molecule has 0 aliphatic heterocycles. The van der Waals surface area contributed by atoms with Crippen molar-refractivity contribution in [2.45, 2.75) is 0 Å². The molecule has 0 spiro atoms. The monoisotopic (exact) mass is 171 g/mol. The van der Waals surface area contributed by atoms with Crippen LogP contribution in [0.25, 0.3) is 0 Å². The standard InChI is InChI=1S/HNO3.6H2O/c2-1(3)4;;;;;;/h(H,2,3,4);6*1H2. The van der Waals surface area contributed by atoms with E-state index in [1.807, 2.05) is 0 Å². The molecule has 0 saturated heterocycles. The van der Waals surface area contributed by atoms with Crippen molar-refractivity contribution in [3.05, 3.63) is 10.1 Å². The van der Waals surface area contributed by atoms with E-state index in [0.717, 1.165) is 0 Å². The zero-order chi connectivity index (χ0) is 3.58. The lowest BCUT2D eigenvalue weighted by Gasteiger charge is -1.56. The van der Waals surface area contributed by atoms with Gasteiger partial charge >= 0.3 is 0 Å². The summed E-state index contributed by atoms with van der Waals surface area (Å²) >= 11 is 0.